The Morgan fingerprint density at radius 3 is 1.96 bits per heavy atom. The number of anilines is 2. The maximum absolute atomic E-state index is 12.1. The number of carbonyl (C=O) groups is 3. The van der Waals surface area contributed by atoms with Crippen molar-refractivity contribution in [3.05, 3.63) is 59.1 Å². The molecule has 2 aromatic carbocycles. The molecule has 0 spiro atoms. The number of rotatable bonds is 5. The highest BCUT2D eigenvalue weighted by Crippen LogP contribution is 2.15. The lowest BCUT2D eigenvalue weighted by Crippen LogP contribution is -2.30. The van der Waals surface area contributed by atoms with Crippen LogP contribution in [0.4, 0.5) is 11.4 Å². The Kier molecular flexibility index (Phi) is 6.14. The van der Waals surface area contributed by atoms with E-state index in [4.69, 9.17) is 16.3 Å². The lowest BCUT2D eigenvalue weighted by Gasteiger charge is -2.14. The zero-order valence-electron chi connectivity index (χ0n) is 13.7. The number of halogens is 1. The topological polar surface area (TPSA) is 84.5 Å². The van der Waals surface area contributed by atoms with Crippen molar-refractivity contribution in [3.8, 4) is 0 Å². The Morgan fingerprint density at radius 1 is 0.920 bits per heavy atom. The Morgan fingerprint density at radius 2 is 1.44 bits per heavy atom. The molecular formula is C18H17ClN2O4. The van der Waals surface area contributed by atoms with E-state index in [0.717, 1.165) is 0 Å². The minimum absolute atomic E-state index is 0.181. The summed E-state index contributed by atoms with van der Waals surface area (Å²) >= 11 is 5.76. The molecule has 0 heterocycles. The molecule has 25 heavy (non-hydrogen) atoms. The van der Waals surface area contributed by atoms with Gasteiger partial charge in [-0.1, -0.05) is 11.6 Å². The van der Waals surface area contributed by atoms with Crippen LogP contribution in [0.3, 0.4) is 0 Å². The third-order valence-corrected chi connectivity index (χ3v) is 3.46. The molecule has 2 rings (SSSR count). The van der Waals surface area contributed by atoms with Crippen molar-refractivity contribution >= 4 is 40.8 Å². The minimum Gasteiger partial charge on any atom is -0.449 e. The van der Waals surface area contributed by atoms with Crippen LogP contribution in [-0.4, -0.2) is 23.9 Å². The first kappa shape index (κ1) is 18.5. The van der Waals surface area contributed by atoms with Gasteiger partial charge in [-0.25, -0.2) is 4.79 Å². The standard InChI is InChI=1S/C18H17ClN2O4/c1-11(25-18(24)13-3-5-14(19)6-4-13)17(23)21-16-9-7-15(8-10-16)20-12(2)22/h3-11H,1-2H3,(H,20,22)(H,21,23)/t11-/m1/s1. The van der Waals surface area contributed by atoms with Gasteiger partial charge in [0.1, 0.15) is 0 Å². The fourth-order valence-corrected chi connectivity index (χ4v) is 2.08. The van der Waals surface area contributed by atoms with Gasteiger partial charge in [-0.3, -0.25) is 9.59 Å². The van der Waals surface area contributed by atoms with Crippen LogP contribution in [0.1, 0.15) is 24.2 Å². The second kappa shape index (κ2) is 8.30. The van der Waals surface area contributed by atoms with E-state index in [1.54, 1.807) is 36.4 Å². The predicted molar refractivity (Wildman–Crippen MR) is 95.7 cm³/mol. The van der Waals surface area contributed by atoms with E-state index in [1.165, 1.54) is 26.0 Å². The van der Waals surface area contributed by atoms with E-state index in [2.05, 4.69) is 10.6 Å². The number of nitrogens with one attached hydrogen (secondary N) is 2. The normalized spacial score (nSPS) is 11.3. The molecule has 1 atom stereocenters. The number of benzene rings is 2. The summed E-state index contributed by atoms with van der Waals surface area (Å²) in [5.41, 5.74) is 1.45. The fraction of sp³-hybridized carbons (Fsp3) is 0.167. The van der Waals surface area contributed by atoms with Crippen molar-refractivity contribution in [2.45, 2.75) is 20.0 Å². The number of carbonyl (C=O) groups excluding carboxylic acids is 3. The molecule has 130 valence electrons. The summed E-state index contributed by atoms with van der Waals surface area (Å²) in [7, 11) is 0. The molecule has 0 fully saturated rings. The van der Waals surface area contributed by atoms with Crippen LogP contribution >= 0.6 is 11.6 Å². The molecule has 7 heteroatoms. The number of ether oxygens (including phenoxy) is 1. The maximum Gasteiger partial charge on any atom is 0.338 e. The van der Waals surface area contributed by atoms with Gasteiger partial charge in [0.25, 0.3) is 5.91 Å². The van der Waals surface area contributed by atoms with E-state index < -0.39 is 18.0 Å². The third kappa shape index (κ3) is 5.61. The van der Waals surface area contributed by atoms with Crippen LogP contribution in [0.25, 0.3) is 0 Å². The van der Waals surface area contributed by atoms with E-state index in [1.807, 2.05) is 0 Å². The number of amides is 2. The minimum atomic E-state index is -0.974. The van der Waals surface area contributed by atoms with Gasteiger partial charge in [0.2, 0.25) is 5.91 Å². The number of hydrogen-bond acceptors (Lipinski definition) is 4. The van der Waals surface area contributed by atoms with Gasteiger partial charge in [-0.2, -0.15) is 0 Å². The van der Waals surface area contributed by atoms with Gasteiger partial charge in [-0.15, -0.1) is 0 Å². The van der Waals surface area contributed by atoms with Crippen LogP contribution in [-0.2, 0) is 14.3 Å². The van der Waals surface area contributed by atoms with Crippen LogP contribution < -0.4 is 10.6 Å². The zero-order valence-corrected chi connectivity index (χ0v) is 14.5. The summed E-state index contributed by atoms with van der Waals surface area (Å²) in [4.78, 5) is 35.1. The van der Waals surface area contributed by atoms with Gasteiger partial charge in [0.15, 0.2) is 6.10 Å². The first-order chi connectivity index (χ1) is 11.8. The summed E-state index contributed by atoms with van der Waals surface area (Å²) in [5, 5.41) is 5.77. The van der Waals surface area contributed by atoms with Crippen LogP contribution in [0, 0.1) is 0 Å². The molecule has 0 radical (unpaired) electrons. The molecule has 0 aliphatic heterocycles. The summed E-state index contributed by atoms with van der Waals surface area (Å²) in [6, 6.07) is 12.8. The lowest BCUT2D eigenvalue weighted by atomic mass is 10.2. The monoisotopic (exact) mass is 360 g/mol. The summed E-state index contributed by atoms with van der Waals surface area (Å²) in [6.07, 6.45) is -0.974. The van der Waals surface area contributed by atoms with Crippen molar-refractivity contribution in [1.82, 2.24) is 0 Å². The average molecular weight is 361 g/mol. The second-order valence-corrected chi connectivity index (χ2v) is 5.74. The molecule has 0 saturated heterocycles. The van der Waals surface area contributed by atoms with Crippen molar-refractivity contribution in [1.29, 1.82) is 0 Å². The van der Waals surface area contributed by atoms with Crippen LogP contribution in [0.2, 0.25) is 5.02 Å². The molecule has 2 amide bonds. The highest BCUT2D eigenvalue weighted by Gasteiger charge is 2.19. The van der Waals surface area contributed by atoms with E-state index >= 15 is 0 Å². The summed E-state index contributed by atoms with van der Waals surface area (Å²) in [5.74, 6) is -1.26. The quantitative estimate of drug-likeness (QED) is 0.799. The van der Waals surface area contributed by atoms with E-state index in [0.29, 0.717) is 22.0 Å². The Bertz CT molecular complexity index is 773. The van der Waals surface area contributed by atoms with E-state index in [9.17, 15) is 14.4 Å². The molecule has 2 N–H and O–H groups in total. The predicted octanol–water partition coefficient (Wildman–Crippen LogP) is 3.48. The molecule has 0 aliphatic rings. The van der Waals surface area contributed by atoms with E-state index in [-0.39, 0.29) is 5.91 Å². The third-order valence-electron chi connectivity index (χ3n) is 3.21. The average Bonchev–Trinajstić information content (AvgIpc) is 2.56. The highest BCUT2D eigenvalue weighted by molar-refractivity contribution is 6.30. The van der Waals surface area contributed by atoms with Gasteiger partial charge in [0.05, 0.1) is 5.56 Å². The van der Waals surface area contributed by atoms with Crippen molar-refractivity contribution in [3.63, 3.8) is 0 Å². The molecule has 6 nitrogen and oxygen atoms in total. The van der Waals surface area contributed by atoms with Crippen molar-refractivity contribution in [2.24, 2.45) is 0 Å². The number of esters is 1. The summed E-state index contributed by atoms with van der Waals surface area (Å²) < 4.78 is 5.14. The molecule has 0 unspecified atom stereocenters. The molecule has 0 saturated carbocycles. The first-order valence-corrected chi connectivity index (χ1v) is 7.88. The second-order valence-electron chi connectivity index (χ2n) is 5.30. The van der Waals surface area contributed by atoms with Gasteiger partial charge >= 0.3 is 5.97 Å². The Hall–Kier alpha value is -2.86. The van der Waals surface area contributed by atoms with Gasteiger partial charge < -0.3 is 15.4 Å². The fourth-order valence-electron chi connectivity index (χ4n) is 1.95. The Labute approximate surface area is 150 Å². The van der Waals surface area contributed by atoms with Crippen molar-refractivity contribution < 1.29 is 19.1 Å². The lowest BCUT2D eigenvalue weighted by molar-refractivity contribution is -0.123. The van der Waals surface area contributed by atoms with Gasteiger partial charge in [0, 0.05) is 23.3 Å². The smallest absolute Gasteiger partial charge is 0.338 e. The van der Waals surface area contributed by atoms with Crippen LogP contribution in [0.15, 0.2) is 48.5 Å². The highest BCUT2D eigenvalue weighted by atomic mass is 35.5. The molecular weight excluding hydrogens is 344 g/mol. The molecule has 2 aromatic rings. The molecule has 0 bridgehead atoms. The largest absolute Gasteiger partial charge is 0.449 e. The number of hydrogen-bond donors (Lipinski definition) is 2. The van der Waals surface area contributed by atoms with Crippen molar-refractivity contribution in [2.75, 3.05) is 10.6 Å². The zero-order chi connectivity index (χ0) is 18.4. The Balaban J connectivity index is 1.92. The summed E-state index contributed by atoms with van der Waals surface area (Å²) in [6.45, 7) is 2.89. The maximum atomic E-state index is 12.1. The van der Waals surface area contributed by atoms with Crippen LogP contribution in [0.5, 0.6) is 0 Å². The first-order valence-electron chi connectivity index (χ1n) is 7.50. The SMILES string of the molecule is CC(=O)Nc1ccc(NC(=O)[C@@H](C)OC(=O)c2ccc(Cl)cc2)cc1. The molecule has 0 aromatic heterocycles. The van der Waals surface area contributed by atoms with Gasteiger partial charge in [-0.05, 0) is 55.5 Å². The molecule has 0 aliphatic carbocycles.